The Hall–Kier alpha value is -1.36. The van der Waals surface area contributed by atoms with E-state index in [1.165, 1.54) is 6.26 Å². The Morgan fingerprint density at radius 3 is 2.94 bits per heavy atom. The molecule has 0 aromatic carbocycles. The molecule has 0 unspecified atom stereocenters. The predicted octanol–water partition coefficient (Wildman–Crippen LogP) is 1.46. The summed E-state index contributed by atoms with van der Waals surface area (Å²) >= 11 is 0. The minimum atomic E-state index is -0.191. The molecule has 1 amide bonds. The van der Waals surface area contributed by atoms with E-state index in [0.29, 0.717) is 6.54 Å². The van der Waals surface area contributed by atoms with Gasteiger partial charge >= 0.3 is 0 Å². The maximum atomic E-state index is 12.4. The van der Waals surface area contributed by atoms with E-state index >= 15 is 0 Å². The molecule has 1 fully saturated rings. The molecule has 0 bridgehead atoms. The first-order valence-electron chi connectivity index (χ1n) is 6.65. The molecule has 18 heavy (non-hydrogen) atoms. The first-order chi connectivity index (χ1) is 8.77. The quantitative estimate of drug-likeness (QED) is 0.831. The molecule has 1 saturated heterocycles. The number of nitrogens with zero attached hydrogens (tertiary/aromatic N) is 1. The minimum Gasteiger partial charge on any atom is -0.364 e. The van der Waals surface area contributed by atoms with Gasteiger partial charge in [0.2, 0.25) is 5.91 Å². The lowest BCUT2D eigenvalue weighted by Crippen LogP contribution is -2.47. The SMILES string of the molecule is CCCC1(C(=O)NCc2ccon2)CCNCC1. The van der Waals surface area contributed by atoms with Crippen molar-refractivity contribution < 1.29 is 9.32 Å². The number of carbonyl (C=O) groups is 1. The summed E-state index contributed by atoms with van der Waals surface area (Å²) in [6.45, 7) is 4.44. The number of aromatic nitrogens is 1. The molecule has 2 heterocycles. The van der Waals surface area contributed by atoms with Crippen LogP contribution in [0.3, 0.4) is 0 Å². The molecule has 5 heteroatoms. The molecular formula is C13H21N3O2. The molecule has 2 rings (SSSR count). The van der Waals surface area contributed by atoms with Crippen LogP contribution >= 0.6 is 0 Å². The molecular weight excluding hydrogens is 230 g/mol. The van der Waals surface area contributed by atoms with Crippen LogP contribution in [0.15, 0.2) is 16.9 Å². The standard InChI is InChI=1S/C13H21N3O2/c1-2-4-13(5-7-14-8-6-13)12(17)15-10-11-3-9-18-16-11/h3,9,14H,2,4-8,10H2,1H3,(H,15,17). The van der Waals surface area contributed by atoms with Crippen LogP contribution in [-0.4, -0.2) is 24.2 Å². The second-order valence-electron chi connectivity index (χ2n) is 4.95. The van der Waals surface area contributed by atoms with Crippen LogP contribution in [-0.2, 0) is 11.3 Å². The lowest BCUT2D eigenvalue weighted by atomic mass is 9.74. The number of hydrogen-bond acceptors (Lipinski definition) is 4. The Morgan fingerprint density at radius 1 is 1.56 bits per heavy atom. The van der Waals surface area contributed by atoms with Gasteiger partial charge in [-0.1, -0.05) is 18.5 Å². The largest absolute Gasteiger partial charge is 0.364 e. The smallest absolute Gasteiger partial charge is 0.226 e. The number of hydrogen-bond donors (Lipinski definition) is 2. The summed E-state index contributed by atoms with van der Waals surface area (Å²) in [6, 6.07) is 1.77. The first-order valence-corrected chi connectivity index (χ1v) is 6.65. The lowest BCUT2D eigenvalue weighted by Gasteiger charge is -2.36. The van der Waals surface area contributed by atoms with E-state index in [1.54, 1.807) is 6.07 Å². The number of nitrogens with one attached hydrogen (secondary N) is 2. The van der Waals surface area contributed by atoms with Gasteiger partial charge in [-0.3, -0.25) is 4.79 Å². The zero-order chi connectivity index (χ0) is 12.8. The summed E-state index contributed by atoms with van der Waals surface area (Å²) in [6.07, 6.45) is 5.36. The number of amides is 1. The minimum absolute atomic E-state index is 0.161. The van der Waals surface area contributed by atoms with Crippen LogP contribution in [0, 0.1) is 5.41 Å². The van der Waals surface area contributed by atoms with Crippen LogP contribution in [0.4, 0.5) is 0 Å². The van der Waals surface area contributed by atoms with Crippen molar-refractivity contribution >= 4 is 5.91 Å². The van der Waals surface area contributed by atoms with E-state index in [1.807, 2.05) is 0 Å². The van der Waals surface area contributed by atoms with Crippen molar-refractivity contribution in [2.75, 3.05) is 13.1 Å². The van der Waals surface area contributed by atoms with Crippen molar-refractivity contribution in [1.29, 1.82) is 0 Å². The average Bonchev–Trinajstić information content (AvgIpc) is 2.90. The highest BCUT2D eigenvalue weighted by Gasteiger charge is 2.38. The van der Waals surface area contributed by atoms with Crippen LogP contribution in [0.2, 0.25) is 0 Å². The second-order valence-corrected chi connectivity index (χ2v) is 4.95. The van der Waals surface area contributed by atoms with Gasteiger partial charge in [0.1, 0.15) is 12.0 Å². The number of rotatable bonds is 5. The van der Waals surface area contributed by atoms with Gasteiger partial charge in [0.25, 0.3) is 0 Å². The Labute approximate surface area is 107 Å². The summed E-state index contributed by atoms with van der Waals surface area (Å²) < 4.78 is 4.75. The third-order valence-electron chi connectivity index (χ3n) is 3.69. The highest BCUT2D eigenvalue weighted by molar-refractivity contribution is 5.82. The fraction of sp³-hybridized carbons (Fsp3) is 0.692. The van der Waals surface area contributed by atoms with Crippen molar-refractivity contribution in [3.8, 4) is 0 Å². The summed E-state index contributed by atoms with van der Waals surface area (Å²) in [5.74, 6) is 0.161. The van der Waals surface area contributed by atoms with E-state index in [4.69, 9.17) is 4.52 Å². The maximum absolute atomic E-state index is 12.4. The molecule has 0 saturated carbocycles. The van der Waals surface area contributed by atoms with Gasteiger partial charge in [0, 0.05) is 6.07 Å². The molecule has 2 N–H and O–H groups in total. The molecule has 0 radical (unpaired) electrons. The van der Waals surface area contributed by atoms with Gasteiger partial charge in [-0.2, -0.15) is 0 Å². The number of carbonyl (C=O) groups excluding carboxylic acids is 1. The van der Waals surface area contributed by atoms with Gasteiger partial charge in [-0.25, -0.2) is 0 Å². The second kappa shape index (κ2) is 6.00. The van der Waals surface area contributed by atoms with Crippen molar-refractivity contribution in [2.24, 2.45) is 5.41 Å². The molecule has 1 aliphatic heterocycles. The Kier molecular flexibility index (Phi) is 4.36. The van der Waals surface area contributed by atoms with Gasteiger partial charge in [-0.05, 0) is 32.4 Å². The molecule has 1 aromatic rings. The van der Waals surface area contributed by atoms with Gasteiger partial charge in [0.05, 0.1) is 12.0 Å². The van der Waals surface area contributed by atoms with E-state index in [0.717, 1.165) is 44.5 Å². The molecule has 1 aliphatic rings. The first kappa shape index (κ1) is 13.1. The highest BCUT2D eigenvalue weighted by Crippen LogP contribution is 2.34. The van der Waals surface area contributed by atoms with Crippen LogP contribution in [0.5, 0.6) is 0 Å². The van der Waals surface area contributed by atoms with Crippen molar-refractivity contribution in [2.45, 2.75) is 39.2 Å². The fourth-order valence-electron chi connectivity index (χ4n) is 2.66. The van der Waals surface area contributed by atoms with E-state index in [-0.39, 0.29) is 11.3 Å². The van der Waals surface area contributed by atoms with Gasteiger partial charge in [-0.15, -0.1) is 0 Å². The third kappa shape index (κ3) is 2.90. The summed E-state index contributed by atoms with van der Waals surface area (Å²) in [4.78, 5) is 12.4. The topological polar surface area (TPSA) is 67.2 Å². The van der Waals surface area contributed by atoms with Crippen LogP contribution in [0.1, 0.15) is 38.3 Å². The normalized spacial score (nSPS) is 18.5. The molecule has 1 aromatic heterocycles. The number of piperidine rings is 1. The Balaban J connectivity index is 1.95. The zero-order valence-electron chi connectivity index (χ0n) is 10.9. The molecule has 0 spiro atoms. The fourth-order valence-corrected chi connectivity index (χ4v) is 2.66. The van der Waals surface area contributed by atoms with Crippen LogP contribution < -0.4 is 10.6 Å². The lowest BCUT2D eigenvalue weighted by molar-refractivity contribution is -0.133. The third-order valence-corrected chi connectivity index (χ3v) is 3.69. The van der Waals surface area contributed by atoms with Gasteiger partial charge in [0.15, 0.2) is 0 Å². The average molecular weight is 251 g/mol. The molecule has 5 nitrogen and oxygen atoms in total. The van der Waals surface area contributed by atoms with E-state index < -0.39 is 0 Å². The Bertz CT molecular complexity index is 364. The maximum Gasteiger partial charge on any atom is 0.226 e. The van der Waals surface area contributed by atoms with Gasteiger partial charge < -0.3 is 15.2 Å². The van der Waals surface area contributed by atoms with E-state index in [9.17, 15) is 4.79 Å². The summed E-state index contributed by atoms with van der Waals surface area (Å²) in [7, 11) is 0. The highest BCUT2D eigenvalue weighted by atomic mass is 16.5. The van der Waals surface area contributed by atoms with Crippen LogP contribution in [0.25, 0.3) is 0 Å². The zero-order valence-corrected chi connectivity index (χ0v) is 10.9. The molecule has 0 atom stereocenters. The summed E-state index contributed by atoms with van der Waals surface area (Å²) in [5, 5.41) is 10.1. The van der Waals surface area contributed by atoms with Crippen molar-refractivity contribution in [1.82, 2.24) is 15.8 Å². The molecule has 100 valence electrons. The van der Waals surface area contributed by atoms with E-state index in [2.05, 4.69) is 22.7 Å². The predicted molar refractivity (Wildman–Crippen MR) is 67.8 cm³/mol. The Morgan fingerprint density at radius 2 is 2.33 bits per heavy atom. The van der Waals surface area contributed by atoms with Crippen molar-refractivity contribution in [3.63, 3.8) is 0 Å². The molecule has 0 aliphatic carbocycles. The summed E-state index contributed by atoms with van der Waals surface area (Å²) in [5.41, 5.74) is 0.577. The monoisotopic (exact) mass is 251 g/mol. The van der Waals surface area contributed by atoms with Crippen molar-refractivity contribution in [3.05, 3.63) is 18.0 Å².